The zero-order valence-electron chi connectivity index (χ0n) is 49.1. The van der Waals surface area contributed by atoms with E-state index in [1.807, 2.05) is 25.2 Å². The molecule has 2 aliphatic heterocycles. The average molecular weight is 1200 g/mol. The number of esters is 1. The van der Waals surface area contributed by atoms with Gasteiger partial charge in [0.1, 0.15) is 23.4 Å². The Bertz CT molecular complexity index is 3520. The van der Waals surface area contributed by atoms with E-state index in [-0.39, 0.29) is 117 Å². The van der Waals surface area contributed by atoms with Crippen LogP contribution in [0.5, 0.6) is 17.2 Å². The molecular formula is C66H77N5O16. The van der Waals surface area contributed by atoms with Crippen LogP contribution in [0.2, 0.25) is 0 Å². The topological polar surface area (TPSA) is 358 Å². The van der Waals surface area contributed by atoms with E-state index in [1.54, 1.807) is 24.3 Å². The summed E-state index contributed by atoms with van der Waals surface area (Å²) in [5, 5.41) is 87.5. The van der Waals surface area contributed by atoms with Crippen molar-refractivity contribution in [2.24, 2.45) is 45.4 Å². The fraction of sp³-hybridized carbons (Fsp3) is 0.500. The van der Waals surface area contributed by atoms with E-state index < -0.39 is 109 Å². The van der Waals surface area contributed by atoms with Crippen molar-refractivity contribution in [3.8, 4) is 29.1 Å². The largest absolute Gasteiger partial charge is 0.507 e. The highest BCUT2D eigenvalue weighted by molar-refractivity contribution is 6.32. The summed E-state index contributed by atoms with van der Waals surface area (Å²) in [5.74, 6) is -1.38. The number of guanidine groups is 1. The normalized spacial score (nSPS) is 28.5. The molecule has 4 aromatic carbocycles. The smallest absolute Gasteiger partial charge is 0.308 e. The van der Waals surface area contributed by atoms with Crippen molar-refractivity contribution in [3.63, 3.8) is 0 Å². The van der Waals surface area contributed by atoms with Crippen molar-refractivity contribution < 1.29 is 78.6 Å². The highest BCUT2D eigenvalue weighted by Gasteiger charge is 2.62. The van der Waals surface area contributed by atoms with Crippen LogP contribution in [0.3, 0.4) is 0 Å². The zero-order chi connectivity index (χ0) is 61.9. The quantitative estimate of drug-likeness (QED) is 0.0118. The van der Waals surface area contributed by atoms with Crippen molar-refractivity contribution >= 4 is 41.9 Å². The van der Waals surface area contributed by atoms with Crippen LogP contribution in [0.4, 0.5) is 0 Å². The SMILES string of the molecule is CNCC1CC2CC3(CCOCC3)C3CC2C(O)(C1)c1c3ccc(Cc2c(O)c3c4c(c2OC2OC(C)C(O)C(O)(O)C2OCCN=C(N)N)CC#CC(N)CCC(O)Cc2cccc(c2)C=Cc2c(OC(C)=O)cc(CO)c(c2C4=O)C3=O)c1C=O. The number of hydrogen-bond acceptors (Lipinski definition) is 19. The number of aliphatic hydroxyl groups excluding tert-OH is 3. The third-order valence-corrected chi connectivity index (χ3v) is 19.4. The molecule has 14 N–H and O–H groups in total. The summed E-state index contributed by atoms with van der Waals surface area (Å²) in [6.07, 6.45) is -0.0328. The highest BCUT2D eigenvalue weighted by atomic mass is 16.7. The van der Waals surface area contributed by atoms with E-state index in [0.717, 1.165) is 50.2 Å². The third-order valence-electron chi connectivity index (χ3n) is 19.4. The van der Waals surface area contributed by atoms with Crippen molar-refractivity contribution in [1.29, 1.82) is 0 Å². The maximum Gasteiger partial charge on any atom is 0.308 e. The number of nitrogens with zero attached hydrogens (tertiary/aromatic N) is 1. The number of ketones is 2. The summed E-state index contributed by atoms with van der Waals surface area (Å²) < 4.78 is 30.9. The Hall–Kier alpha value is -6.91. The third kappa shape index (κ3) is 11.3. The maximum atomic E-state index is 16.2. The standard InChI is InChI=1S/C66H77N5O16/c1-33-60(79)66(81,82)61(84-21-18-71-63(68)69)62(85-33)87-59-45-9-5-8-41(67)12-13-42(75)24-36-7-4-6-35(22-36)10-14-44-50(86-34(2)74)26-40(31-72)51-52(44)58(78)53(45)54(57(51)77)56(76)46(59)25-38-11-15-43-49-27-48-39(29-64(49)16-19-83-20-17-64)23-37(30-70-3)28-65(48,80)55(43)47(38)32-73/h4,6-7,10-11,14-15,22,26,32-33,37,39,41-42,48-49,60-62,70,72,75-76,79-82H,9,12-13,16-21,23-25,27-31,67H2,1-3H3,(H4,68,69,71). The number of aliphatic hydroxyl groups is 6. The second-order valence-electron chi connectivity index (χ2n) is 24.8. The van der Waals surface area contributed by atoms with Gasteiger partial charge in [-0.1, -0.05) is 54.3 Å². The minimum absolute atomic E-state index is 0.0252. The number of aromatic hydroxyl groups is 1. The summed E-state index contributed by atoms with van der Waals surface area (Å²) >= 11 is 0. The molecule has 2 saturated carbocycles. The fourth-order valence-corrected chi connectivity index (χ4v) is 15.6. The number of benzene rings is 4. The number of carbonyl (C=O) groups is 4. The highest BCUT2D eigenvalue weighted by Crippen LogP contribution is 2.68. The van der Waals surface area contributed by atoms with Crippen LogP contribution in [-0.4, -0.2) is 148 Å². The summed E-state index contributed by atoms with van der Waals surface area (Å²) in [5.41, 5.74) is 17.3. The Morgan fingerprint density at radius 1 is 0.966 bits per heavy atom. The first kappa shape index (κ1) is 61.7. The minimum atomic E-state index is -3.13. The summed E-state index contributed by atoms with van der Waals surface area (Å²) in [6.45, 7) is 2.86. The summed E-state index contributed by atoms with van der Waals surface area (Å²) in [6, 6.07) is 11.4. The molecule has 5 aliphatic carbocycles. The van der Waals surface area contributed by atoms with Crippen LogP contribution in [0.25, 0.3) is 12.2 Å². The predicted octanol–water partition coefficient (Wildman–Crippen LogP) is 3.29. The molecule has 7 aliphatic rings. The number of carbonyl (C=O) groups excluding carboxylic acids is 4. The van der Waals surface area contributed by atoms with Gasteiger partial charge >= 0.3 is 5.97 Å². The van der Waals surface area contributed by atoms with Gasteiger partial charge in [0.05, 0.1) is 49.2 Å². The predicted molar refractivity (Wildman–Crippen MR) is 318 cm³/mol. The van der Waals surface area contributed by atoms with Gasteiger partial charge in [0.2, 0.25) is 12.1 Å². The van der Waals surface area contributed by atoms with Crippen LogP contribution in [0, 0.1) is 35.0 Å². The molecule has 11 atom stereocenters. The molecule has 2 saturated heterocycles. The Morgan fingerprint density at radius 2 is 1.74 bits per heavy atom. The number of hydrogen-bond donors (Lipinski definition) is 11. The molecule has 1 spiro atoms. The van der Waals surface area contributed by atoms with Gasteiger partial charge in [-0.2, -0.15) is 0 Å². The first-order valence-corrected chi connectivity index (χ1v) is 30.0. The van der Waals surface area contributed by atoms with E-state index >= 15 is 9.59 Å². The van der Waals surface area contributed by atoms with Crippen LogP contribution in [-0.2, 0) is 50.5 Å². The molecule has 87 heavy (non-hydrogen) atoms. The van der Waals surface area contributed by atoms with Crippen LogP contribution >= 0.6 is 0 Å². The number of nitrogens with one attached hydrogen (secondary N) is 1. The lowest BCUT2D eigenvalue weighted by Gasteiger charge is -2.62. The maximum absolute atomic E-state index is 16.2. The molecule has 0 aromatic heterocycles. The van der Waals surface area contributed by atoms with Gasteiger partial charge in [-0.05, 0) is 153 Å². The lowest BCUT2D eigenvalue weighted by molar-refractivity contribution is -0.378. The van der Waals surface area contributed by atoms with E-state index in [1.165, 1.54) is 19.1 Å². The van der Waals surface area contributed by atoms with E-state index in [4.69, 9.17) is 40.9 Å². The second-order valence-corrected chi connectivity index (χ2v) is 24.8. The molecule has 4 fully saturated rings. The van der Waals surface area contributed by atoms with Gasteiger partial charge in [0, 0.05) is 71.9 Å². The number of rotatable bonds is 13. The Morgan fingerprint density at radius 3 is 2.46 bits per heavy atom. The molecule has 11 rings (SSSR count). The minimum Gasteiger partial charge on any atom is -0.507 e. The summed E-state index contributed by atoms with van der Waals surface area (Å²) in [4.78, 5) is 63.2. The van der Waals surface area contributed by atoms with Gasteiger partial charge in [-0.3, -0.25) is 24.2 Å². The van der Waals surface area contributed by atoms with E-state index in [9.17, 15) is 45.3 Å². The number of phenols is 1. The van der Waals surface area contributed by atoms with Crippen LogP contribution in [0.1, 0.15) is 163 Å². The number of aliphatic imine (C=N–C) groups is 1. The van der Waals surface area contributed by atoms with Crippen molar-refractivity contribution in [2.75, 3.05) is 40.0 Å². The van der Waals surface area contributed by atoms with Gasteiger partial charge in [-0.25, -0.2) is 0 Å². The molecule has 6 bridgehead atoms. The molecule has 2 heterocycles. The van der Waals surface area contributed by atoms with Crippen LogP contribution < -0.4 is 32.0 Å². The Kier molecular flexibility index (Phi) is 17.4. The van der Waals surface area contributed by atoms with Gasteiger partial charge in [0.25, 0.3) is 0 Å². The molecule has 21 heteroatoms. The average Bonchev–Trinajstić information content (AvgIpc) is 0.722. The van der Waals surface area contributed by atoms with Crippen molar-refractivity contribution in [1.82, 2.24) is 5.32 Å². The van der Waals surface area contributed by atoms with Gasteiger partial charge in [-0.15, -0.1) is 0 Å². The zero-order valence-corrected chi connectivity index (χ0v) is 49.1. The molecule has 21 nitrogen and oxygen atoms in total. The lowest BCUT2D eigenvalue weighted by Crippen LogP contribution is -2.67. The van der Waals surface area contributed by atoms with Crippen LogP contribution in [0.15, 0.2) is 47.5 Å². The van der Waals surface area contributed by atoms with Gasteiger partial charge in [0.15, 0.2) is 29.9 Å². The lowest BCUT2D eigenvalue weighted by atomic mass is 9.44. The van der Waals surface area contributed by atoms with E-state index in [0.29, 0.717) is 43.6 Å². The monoisotopic (exact) mass is 1200 g/mol. The number of ether oxygens (including phenoxy) is 5. The number of aldehydes is 1. The molecule has 462 valence electrons. The Labute approximate surface area is 503 Å². The number of phenolic OH excluding ortho intramolecular Hbond substituents is 1. The van der Waals surface area contributed by atoms with Crippen molar-refractivity contribution in [2.45, 2.75) is 145 Å². The van der Waals surface area contributed by atoms with E-state index in [2.05, 4.69) is 22.2 Å². The first-order valence-electron chi connectivity index (χ1n) is 30.0. The first-order chi connectivity index (χ1) is 41.6. The molecule has 0 radical (unpaired) electrons. The number of nitrogens with two attached hydrogens (primary N) is 3. The summed E-state index contributed by atoms with van der Waals surface area (Å²) in [7, 11) is 1.88. The van der Waals surface area contributed by atoms with Gasteiger partial charge < -0.3 is 81.9 Å². The molecule has 11 unspecified atom stereocenters. The molecule has 4 aromatic rings. The number of fused-ring (bicyclic) bond motifs is 7. The van der Waals surface area contributed by atoms with Crippen molar-refractivity contribution in [3.05, 3.63) is 120 Å². The Balaban J connectivity index is 1.18. The second kappa shape index (κ2) is 24.6. The fourth-order valence-electron chi connectivity index (χ4n) is 15.6. The molecular weight excluding hydrogens is 1120 g/mol. The molecule has 0 amide bonds.